The van der Waals surface area contributed by atoms with E-state index in [0.717, 1.165) is 45.8 Å². The molecule has 0 spiro atoms. The van der Waals surface area contributed by atoms with E-state index >= 15 is 0 Å². The summed E-state index contributed by atoms with van der Waals surface area (Å²) in [5.41, 5.74) is 14.2. The highest BCUT2D eigenvalue weighted by Gasteiger charge is 2.34. The molecule has 3 aromatic heterocycles. The standard InChI is InChI=1S/C27H19F3N6O4S/c1-12(2)13-3-5-14(6-4-13)18-17(11-31)24(33)34-25-19(18)20(32)23(41-25)22(37)21-26(38)40-35-36(21)15-7-9-16(10-8-15)39-27(28,29)30/h3-10,12H,1-2H3,(H4-,32,33,34,35,37,38). The molecule has 5 rings (SSSR count). The van der Waals surface area contributed by atoms with Gasteiger partial charge in [-0.3, -0.25) is 4.79 Å². The first-order chi connectivity index (χ1) is 19.4. The number of ether oxygens (including phenoxy) is 1. The first-order valence-corrected chi connectivity index (χ1v) is 12.7. The smallest absolute Gasteiger partial charge is 0.539 e. The van der Waals surface area contributed by atoms with Crippen molar-refractivity contribution in [2.45, 2.75) is 26.1 Å². The second-order valence-corrected chi connectivity index (χ2v) is 10.2. The fraction of sp³-hybridized carbons (Fsp3) is 0.148. The number of aromatic nitrogens is 3. The number of hydrogen-bond donors (Lipinski definition) is 2. The van der Waals surface area contributed by atoms with Gasteiger partial charge in [0.2, 0.25) is 5.69 Å². The van der Waals surface area contributed by atoms with Crippen molar-refractivity contribution < 1.29 is 37.0 Å². The van der Waals surface area contributed by atoms with E-state index in [1.165, 1.54) is 0 Å². The molecular weight excluding hydrogens is 561 g/mol. The van der Waals surface area contributed by atoms with Crippen molar-refractivity contribution in [2.75, 3.05) is 11.5 Å². The van der Waals surface area contributed by atoms with Crippen LogP contribution in [0.4, 0.5) is 24.7 Å². The van der Waals surface area contributed by atoms with E-state index in [2.05, 4.69) is 21.1 Å². The van der Waals surface area contributed by atoms with E-state index in [1.54, 1.807) is 0 Å². The molecule has 0 aliphatic rings. The van der Waals surface area contributed by atoms with Crippen LogP contribution < -0.4 is 26.0 Å². The number of halogens is 3. The minimum absolute atomic E-state index is 0.0389. The summed E-state index contributed by atoms with van der Waals surface area (Å²) in [5, 5.41) is 26.4. The molecule has 0 bridgehead atoms. The van der Waals surface area contributed by atoms with Crippen LogP contribution in [0.2, 0.25) is 0 Å². The van der Waals surface area contributed by atoms with Crippen LogP contribution in [0.1, 0.15) is 46.3 Å². The van der Waals surface area contributed by atoms with Gasteiger partial charge in [0.05, 0.1) is 11.0 Å². The van der Waals surface area contributed by atoms with Crippen LogP contribution in [-0.4, -0.2) is 22.4 Å². The van der Waals surface area contributed by atoms with Gasteiger partial charge in [-0.1, -0.05) is 38.1 Å². The van der Waals surface area contributed by atoms with Crippen molar-refractivity contribution in [3.8, 4) is 34.6 Å². The predicted molar refractivity (Wildman–Crippen MR) is 140 cm³/mol. The van der Waals surface area contributed by atoms with Gasteiger partial charge in [-0.25, -0.2) is 4.98 Å². The van der Waals surface area contributed by atoms with Crippen LogP contribution in [0.3, 0.4) is 0 Å². The molecule has 0 aliphatic heterocycles. The molecule has 0 aliphatic carbocycles. The van der Waals surface area contributed by atoms with Crippen LogP contribution in [0.15, 0.2) is 53.1 Å². The number of fused-ring (bicyclic) bond motifs is 1. The number of anilines is 2. The topological polar surface area (TPSA) is 168 Å². The van der Waals surface area contributed by atoms with E-state index in [-0.39, 0.29) is 38.4 Å². The molecule has 41 heavy (non-hydrogen) atoms. The average molecular weight is 581 g/mol. The molecule has 2 aromatic carbocycles. The number of carbonyl (C=O) groups excluding carboxylic acids is 1. The molecule has 0 amide bonds. The molecule has 14 heteroatoms. The SMILES string of the molecule is CC(C)c1ccc(-c2c(C#N)c(N)nc3sc(C(=O)c4c([O-])on[n+]4-c4ccc(OC(F)(F)F)cc4)c(N)c23)cc1. The van der Waals surface area contributed by atoms with Gasteiger partial charge in [-0.15, -0.1) is 24.5 Å². The molecule has 5 aromatic rings. The number of ketones is 1. The fourth-order valence-electron chi connectivity index (χ4n) is 4.29. The van der Waals surface area contributed by atoms with Gasteiger partial charge >= 0.3 is 12.1 Å². The van der Waals surface area contributed by atoms with Gasteiger partial charge < -0.3 is 25.8 Å². The van der Waals surface area contributed by atoms with Gasteiger partial charge in [0.25, 0.3) is 5.78 Å². The number of rotatable bonds is 6. The molecule has 4 N–H and O–H groups in total. The number of thiophene rings is 1. The number of nitrogens with two attached hydrogens (primary N) is 2. The summed E-state index contributed by atoms with van der Waals surface area (Å²) >= 11 is 0.860. The minimum Gasteiger partial charge on any atom is -0.539 e. The van der Waals surface area contributed by atoms with Crippen LogP contribution in [0.5, 0.6) is 11.7 Å². The summed E-state index contributed by atoms with van der Waals surface area (Å²) in [6, 6.07) is 13.8. The monoisotopic (exact) mass is 580 g/mol. The van der Waals surface area contributed by atoms with E-state index < -0.39 is 29.5 Å². The number of alkyl halides is 3. The van der Waals surface area contributed by atoms with Gasteiger partial charge in [0.15, 0.2) is 5.95 Å². The Morgan fingerprint density at radius 2 is 1.80 bits per heavy atom. The Balaban J connectivity index is 1.63. The Bertz CT molecular complexity index is 1840. The summed E-state index contributed by atoms with van der Waals surface area (Å²) in [7, 11) is 0. The Labute approximate surface area is 233 Å². The van der Waals surface area contributed by atoms with Crippen LogP contribution in [0, 0.1) is 11.3 Å². The Kier molecular flexibility index (Phi) is 6.75. The molecule has 3 heterocycles. The summed E-state index contributed by atoms with van der Waals surface area (Å²) < 4.78 is 47.0. The van der Waals surface area contributed by atoms with E-state index in [1.807, 2.05) is 38.1 Å². The maximum absolute atomic E-state index is 13.7. The molecule has 0 radical (unpaired) electrons. The maximum Gasteiger partial charge on any atom is 0.573 e. The van der Waals surface area contributed by atoms with Crippen molar-refractivity contribution in [3.05, 3.63) is 70.2 Å². The third-order valence-corrected chi connectivity index (χ3v) is 7.33. The van der Waals surface area contributed by atoms with Crippen molar-refractivity contribution in [1.29, 1.82) is 5.26 Å². The van der Waals surface area contributed by atoms with Crippen molar-refractivity contribution >= 4 is 38.8 Å². The second kappa shape index (κ2) is 10.1. The minimum atomic E-state index is -4.90. The average Bonchev–Trinajstić information content (AvgIpc) is 3.46. The van der Waals surface area contributed by atoms with Gasteiger partial charge in [0, 0.05) is 23.1 Å². The maximum atomic E-state index is 13.7. The van der Waals surface area contributed by atoms with Crippen LogP contribution in [-0.2, 0) is 0 Å². The highest BCUT2D eigenvalue weighted by molar-refractivity contribution is 7.21. The molecule has 0 saturated carbocycles. The number of nitriles is 1. The number of benzene rings is 2. The lowest BCUT2D eigenvalue weighted by molar-refractivity contribution is -0.672. The van der Waals surface area contributed by atoms with Gasteiger partial charge in [-0.2, -0.15) is 5.26 Å². The third kappa shape index (κ3) is 4.98. The molecule has 0 fully saturated rings. The summed E-state index contributed by atoms with van der Waals surface area (Å²) in [5.74, 6) is -2.28. The molecule has 10 nitrogen and oxygen atoms in total. The van der Waals surface area contributed by atoms with Gasteiger partial charge in [-0.05, 0) is 33.9 Å². The highest BCUT2D eigenvalue weighted by Crippen LogP contribution is 2.43. The molecule has 0 unspecified atom stereocenters. The Morgan fingerprint density at radius 3 is 2.39 bits per heavy atom. The van der Waals surface area contributed by atoms with Gasteiger partial charge in [0.1, 0.15) is 32.9 Å². The number of nitrogen functional groups attached to an aromatic ring is 2. The third-order valence-electron chi connectivity index (χ3n) is 6.23. The Morgan fingerprint density at radius 1 is 1.15 bits per heavy atom. The molecular formula is C27H19F3N6O4S. The van der Waals surface area contributed by atoms with Crippen molar-refractivity contribution in [3.63, 3.8) is 0 Å². The number of nitrogens with zero attached hydrogens (tertiary/aromatic N) is 4. The zero-order valence-electron chi connectivity index (χ0n) is 21.3. The first kappa shape index (κ1) is 27.4. The molecule has 0 saturated heterocycles. The zero-order valence-corrected chi connectivity index (χ0v) is 22.1. The van der Waals surface area contributed by atoms with E-state index in [4.69, 9.17) is 16.0 Å². The number of carbonyl (C=O) groups is 1. The summed E-state index contributed by atoms with van der Waals surface area (Å²) in [4.78, 5) is 18.1. The van der Waals surface area contributed by atoms with Crippen LogP contribution >= 0.6 is 11.3 Å². The summed E-state index contributed by atoms with van der Waals surface area (Å²) in [6.07, 6.45) is -4.90. The second-order valence-electron chi connectivity index (χ2n) is 9.15. The predicted octanol–water partition coefficient (Wildman–Crippen LogP) is 4.59. The van der Waals surface area contributed by atoms with Crippen LogP contribution in [0.25, 0.3) is 27.0 Å². The normalized spacial score (nSPS) is 11.6. The number of hydrogen-bond acceptors (Lipinski definition) is 10. The lowest BCUT2D eigenvalue weighted by Gasteiger charge is -2.11. The lowest BCUT2D eigenvalue weighted by Crippen LogP contribution is -2.39. The quantitative estimate of drug-likeness (QED) is 0.216. The largest absolute Gasteiger partial charge is 0.573 e. The zero-order chi connectivity index (χ0) is 29.6. The van der Waals surface area contributed by atoms with E-state index in [0.29, 0.717) is 16.5 Å². The highest BCUT2D eigenvalue weighted by atomic mass is 32.1. The molecule has 0 atom stereocenters. The molecule has 208 valence electrons. The summed E-state index contributed by atoms with van der Waals surface area (Å²) in [6.45, 7) is 4.08. The van der Waals surface area contributed by atoms with E-state index in [9.17, 15) is 28.3 Å². The Hall–Kier alpha value is -5.16. The number of pyridine rings is 1. The lowest BCUT2D eigenvalue weighted by atomic mass is 9.94. The van der Waals surface area contributed by atoms with Crippen molar-refractivity contribution in [2.24, 2.45) is 0 Å². The fourth-order valence-corrected chi connectivity index (χ4v) is 5.34. The van der Waals surface area contributed by atoms with Crippen molar-refractivity contribution in [1.82, 2.24) is 10.3 Å². The first-order valence-electron chi connectivity index (χ1n) is 11.9.